The van der Waals surface area contributed by atoms with E-state index in [0.717, 1.165) is 26.4 Å². The molecule has 1 unspecified atom stereocenters. The highest BCUT2D eigenvalue weighted by Gasteiger charge is 2.23. The summed E-state index contributed by atoms with van der Waals surface area (Å²) < 4.78 is 6.52. The van der Waals surface area contributed by atoms with Crippen LogP contribution in [0.5, 0.6) is 5.75 Å². The van der Waals surface area contributed by atoms with Gasteiger partial charge in [-0.05, 0) is 67.1 Å². The highest BCUT2D eigenvalue weighted by Crippen LogP contribution is 2.38. The van der Waals surface area contributed by atoms with E-state index in [0.29, 0.717) is 28.0 Å². The van der Waals surface area contributed by atoms with Crippen molar-refractivity contribution < 1.29 is 14.3 Å². The van der Waals surface area contributed by atoms with Gasteiger partial charge in [0.2, 0.25) is 5.91 Å². The van der Waals surface area contributed by atoms with Crippen LogP contribution in [0.4, 0.5) is 10.8 Å². The van der Waals surface area contributed by atoms with Crippen LogP contribution in [0.3, 0.4) is 0 Å². The Balaban J connectivity index is 1.35. The van der Waals surface area contributed by atoms with Crippen molar-refractivity contribution in [1.29, 1.82) is 0 Å². The number of fused-ring (bicyclic) bond motifs is 1. The third-order valence-corrected chi connectivity index (χ3v) is 8.09. The molecule has 0 saturated carbocycles. The number of rotatable bonds is 9. The lowest BCUT2D eigenvalue weighted by atomic mass is 10.1. The van der Waals surface area contributed by atoms with Crippen LogP contribution in [0.15, 0.2) is 102 Å². The van der Waals surface area contributed by atoms with E-state index < -0.39 is 5.25 Å². The summed E-state index contributed by atoms with van der Waals surface area (Å²) in [6.07, 6.45) is 0. The molecule has 0 fully saturated rings. The number of hydrogen-bond donors (Lipinski definition) is 2. The first-order valence-electron chi connectivity index (χ1n) is 12.2. The first-order valence-corrected chi connectivity index (χ1v) is 14.3. The number of amides is 2. The first-order chi connectivity index (χ1) is 19.0. The Morgan fingerprint density at radius 2 is 1.77 bits per heavy atom. The minimum Gasteiger partial charge on any atom is -0.494 e. The van der Waals surface area contributed by atoms with Gasteiger partial charge in [0.05, 0.1) is 16.8 Å². The van der Waals surface area contributed by atoms with Crippen LogP contribution >= 0.6 is 34.7 Å². The van der Waals surface area contributed by atoms with E-state index in [2.05, 4.69) is 15.6 Å². The largest absolute Gasteiger partial charge is 0.494 e. The second kappa shape index (κ2) is 12.3. The van der Waals surface area contributed by atoms with E-state index in [4.69, 9.17) is 16.3 Å². The number of halogens is 1. The Bertz CT molecular complexity index is 1620. The molecule has 5 aromatic rings. The average molecular weight is 574 g/mol. The van der Waals surface area contributed by atoms with Gasteiger partial charge in [-0.15, -0.1) is 11.8 Å². The number of aromatic nitrogens is 1. The lowest BCUT2D eigenvalue weighted by Gasteiger charge is -2.17. The lowest BCUT2D eigenvalue weighted by molar-refractivity contribution is -0.115. The second-order valence-corrected chi connectivity index (χ2v) is 11.1. The quantitative estimate of drug-likeness (QED) is 0.174. The molecule has 196 valence electrons. The van der Waals surface area contributed by atoms with Crippen LogP contribution in [0.2, 0.25) is 5.02 Å². The van der Waals surface area contributed by atoms with Crippen molar-refractivity contribution in [2.45, 2.75) is 17.1 Å². The van der Waals surface area contributed by atoms with Crippen LogP contribution in [0.25, 0.3) is 10.2 Å². The lowest BCUT2D eigenvalue weighted by Crippen LogP contribution is -2.19. The van der Waals surface area contributed by atoms with Gasteiger partial charge in [-0.25, -0.2) is 4.98 Å². The fourth-order valence-corrected chi connectivity index (χ4v) is 6.07. The van der Waals surface area contributed by atoms with Gasteiger partial charge in [0.15, 0.2) is 5.13 Å². The molecule has 0 radical (unpaired) electrons. The molecule has 0 spiro atoms. The topological polar surface area (TPSA) is 80.3 Å². The van der Waals surface area contributed by atoms with E-state index in [1.54, 1.807) is 24.3 Å². The van der Waals surface area contributed by atoms with E-state index in [9.17, 15) is 9.59 Å². The van der Waals surface area contributed by atoms with Gasteiger partial charge >= 0.3 is 0 Å². The van der Waals surface area contributed by atoms with Crippen LogP contribution < -0.4 is 15.4 Å². The summed E-state index contributed by atoms with van der Waals surface area (Å²) in [6, 6.07) is 29.5. The minimum atomic E-state index is -0.545. The zero-order chi connectivity index (χ0) is 27.2. The van der Waals surface area contributed by atoms with Crippen LogP contribution in [-0.2, 0) is 4.79 Å². The van der Waals surface area contributed by atoms with Crippen LogP contribution in [0.1, 0.15) is 28.1 Å². The van der Waals surface area contributed by atoms with Gasteiger partial charge in [0, 0.05) is 21.2 Å². The third kappa shape index (κ3) is 6.78. The minimum absolute atomic E-state index is 0.191. The summed E-state index contributed by atoms with van der Waals surface area (Å²) in [6.45, 7) is 2.52. The number of nitrogens with one attached hydrogen (secondary N) is 2. The molecule has 0 aliphatic heterocycles. The molecule has 0 bridgehead atoms. The molecule has 2 amide bonds. The van der Waals surface area contributed by atoms with E-state index in [1.165, 1.54) is 23.1 Å². The van der Waals surface area contributed by atoms with Crippen LogP contribution in [0, 0.1) is 0 Å². The maximum absolute atomic E-state index is 13.6. The highest BCUT2D eigenvalue weighted by molar-refractivity contribution is 8.00. The van der Waals surface area contributed by atoms with Crippen molar-refractivity contribution in [2.75, 3.05) is 17.2 Å². The number of hydrogen-bond acceptors (Lipinski definition) is 6. The molecule has 0 saturated heterocycles. The number of nitrogens with zero attached hydrogens (tertiary/aromatic N) is 1. The molecule has 6 nitrogen and oxygen atoms in total. The molecule has 39 heavy (non-hydrogen) atoms. The molecular formula is C30H24ClN3O3S2. The van der Waals surface area contributed by atoms with Crippen LogP contribution in [-0.4, -0.2) is 23.4 Å². The van der Waals surface area contributed by atoms with Crippen molar-refractivity contribution in [1.82, 2.24) is 4.98 Å². The molecule has 1 atom stereocenters. The molecule has 2 N–H and O–H groups in total. The SMILES string of the molecule is CCOc1ccc2nc(NC(=O)C(Sc3cccc(NC(=O)c4cccc(Cl)c4)c3)c3ccccc3)sc2c1. The maximum Gasteiger partial charge on any atom is 0.255 e. The Hall–Kier alpha value is -3.85. The molecule has 5 rings (SSSR count). The summed E-state index contributed by atoms with van der Waals surface area (Å²) in [5.74, 6) is 0.315. The third-order valence-electron chi connectivity index (χ3n) is 5.67. The zero-order valence-electron chi connectivity index (χ0n) is 20.9. The fourth-order valence-electron chi connectivity index (χ4n) is 3.90. The fraction of sp³-hybridized carbons (Fsp3) is 0.100. The summed E-state index contributed by atoms with van der Waals surface area (Å²) in [5.41, 5.74) is 2.73. The normalized spacial score (nSPS) is 11.6. The number of ether oxygens (including phenoxy) is 1. The number of thiazole rings is 1. The maximum atomic E-state index is 13.6. The van der Waals surface area contributed by atoms with Crippen molar-refractivity contribution in [3.05, 3.63) is 113 Å². The van der Waals surface area contributed by atoms with Crippen molar-refractivity contribution in [3.8, 4) is 5.75 Å². The molecule has 4 aromatic carbocycles. The average Bonchev–Trinajstić information content (AvgIpc) is 3.34. The molecule has 9 heteroatoms. The van der Waals surface area contributed by atoms with Crippen molar-refractivity contribution in [3.63, 3.8) is 0 Å². The molecule has 0 aliphatic rings. The number of carbonyl (C=O) groups excluding carboxylic acids is 2. The number of thioether (sulfide) groups is 1. The molecular weight excluding hydrogens is 550 g/mol. The Labute approximate surface area is 239 Å². The monoisotopic (exact) mass is 573 g/mol. The highest BCUT2D eigenvalue weighted by atomic mass is 35.5. The van der Waals surface area contributed by atoms with Crippen molar-refractivity contribution >= 4 is 67.5 Å². The molecule has 1 heterocycles. The summed E-state index contributed by atoms with van der Waals surface area (Å²) >= 11 is 8.83. The second-order valence-electron chi connectivity index (χ2n) is 8.47. The van der Waals surface area contributed by atoms with Crippen molar-refractivity contribution in [2.24, 2.45) is 0 Å². The van der Waals surface area contributed by atoms with Gasteiger partial charge in [-0.3, -0.25) is 9.59 Å². The van der Waals surface area contributed by atoms with Gasteiger partial charge in [-0.2, -0.15) is 0 Å². The zero-order valence-corrected chi connectivity index (χ0v) is 23.3. The van der Waals surface area contributed by atoms with Gasteiger partial charge in [0.1, 0.15) is 11.0 Å². The van der Waals surface area contributed by atoms with Gasteiger partial charge in [0.25, 0.3) is 5.91 Å². The Morgan fingerprint density at radius 1 is 0.949 bits per heavy atom. The predicted molar refractivity (Wildman–Crippen MR) is 160 cm³/mol. The Kier molecular flexibility index (Phi) is 8.46. The first kappa shape index (κ1) is 26.7. The smallest absolute Gasteiger partial charge is 0.255 e. The molecule has 0 aliphatic carbocycles. The van der Waals surface area contributed by atoms with E-state index >= 15 is 0 Å². The predicted octanol–water partition coefficient (Wildman–Crippen LogP) is 8.07. The molecule has 1 aromatic heterocycles. The van der Waals surface area contributed by atoms with Gasteiger partial charge < -0.3 is 15.4 Å². The summed E-state index contributed by atoms with van der Waals surface area (Å²) in [5, 5.41) is 6.37. The van der Waals surface area contributed by atoms with E-state index in [1.807, 2.05) is 79.7 Å². The number of benzene rings is 4. The number of anilines is 2. The van der Waals surface area contributed by atoms with Gasteiger partial charge in [-0.1, -0.05) is 65.4 Å². The standard InChI is InChI=1S/C30H24ClN3O3S2/c1-2-37-23-14-15-25-26(18-23)39-30(33-25)34-29(36)27(19-8-4-3-5-9-19)38-24-13-7-12-22(17-24)32-28(35)20-10-6-11-21(31)16-20/h3-18,27H,2H2,1H3,(H,32,35)(H,33,34,36). The summed E-state index contributed by atoms with van der Waals surface area (Å²) in [4.78, 5) is 31.7. The summed E-state index contributed by atoms with van der Waals surface area (Å²) in [7, 11) is 0. The number of carbonyl (C=O) groups is 2. The van der Waals surface area contributed by atoms with E-state index in [-0.39, 0.29) is 11.8 Å². The Morgan fingerprint density at radius 3 is 2.56 bits per heavy atom.